The van der Waals surface area contributed by atoms with Crippen molar-refractivity contribution in [2.24, 2.45) is 11.8 Å². The van der Waals surface area contributed by atoms with Gasteiger partial charge >= 0.3 is 5.97 Å². The highest BCUT2D eigenvalue weighted by molar-refractivity contribution is 5.81. The van der Waals surface area contributed by atoms with Crippen LogP contribution in [-0.2, 0) is 9.53 Å². The smallest absolute Gasteiger partial charge is 0.330 e. The molecule has 1 aliphatic rings. The SMILES string of the molecule is C=C[C@@H]1CCC[C@H]1/C=C/C(=O)OCC. The molecule has 14 heavy (non-hydrogen) atoms. The number of rotatable bonds is 4. The molecule has 78 valence electrons. The second-order valence-corrected chi connectivity index (χ2v) is 3.61. The lowest BCUT2D eigenvalue weighted by atomic mass is 9.96. The van der Waals surface area contributed by atoms with Crippen LogP contribution in [0.1, 0.15) is 26.2 Å². The maximum atomic E-state index is 11.1. The first-order valence-electron chi connectivity index (χ1n) is 5.25. The van der Waals surface area contributed by atoms with E-state index >= 15 is 0 Å². The number of hydrogen-bond acceptors (Lipinski definition) is 2. The molecule has 0 saturated heterocycles. The molecule has 2 heteroatoms. The summed E-state index contributed by atoms with van der Waals surface area (Å²) in [6.45, 7) is 6.06. The fourth-order valence-electron chi connectivity index (χ4n) is 1.94. The number of carbonyl (C=O) groups excluding carboxylic acids is 1. The van der Waals surface area contributed by atoms with Crippen molar-refractivity contribution in [1.82, 2.24) is 0 Å². The Morgan fingerprint density at radius 1 is 1.50 bits per heavy atom. The predicted octanol–water partition coefficient (Wildman–Crippen LogP) is 2.71. The molecule has 0 aromatic heterocycles. The van der Waals surface area contributed by atoms with Gasteiger partial charge in [-0.15, -0.1) is 6.58 Å². The summed E-state index contributed by atoms with van der Waals surface area (Å²) in [7, 11) is 0. The minimum absolute atomic E-state index is 0.234. The monoisotopic (exact) mass is 194 g/mol. The number of carbonyl (C=O) groups is 1. The van der Waals surface area contributed by atoms with Crippen molar-refractivity contribution in [2.75, 3.05) is 6.61 Å². The maximum absolute atomic E-state index is 11.1. The Bertz CT molecular complexity index is 230. The molecule has 0 amide bonds. The Balaban J connectivity index is 2.42. The molecule has 1 fully saturated rings. The molecule has 1 rings (SSSR count). The van der Waals surface area contributed by atoms with Crippen LogP contribution in [0.5, 0.6) is 0 Å². The van der Waals surface area contributed by atoms with E-state index in [0.717, 1.165) is 6.42 Å². The molecule has 0 N–H and O–H groups in total. The molecule has 0 aromatic carbocycles. The highest BCUT2D eigenvalue weighted by Gasteiger charge is 2.22. The number of esters is 1. The summed E-state index contributed by atoms with van der Waals surface area (Å²) in [4.78, 5) is 11.1. The maximum Gasteiger partial charge on any atom is 0.330 e. The van der Waals surface area contributed by atoms with Gasteiger partial charge in [0.15, 0.2) is 0 Å². The highest BCUT2D eigenvalue weighted by Crippen LogP contribution is 2.33. The molecule has 0 unspecified atom stereocenters. The molecular formula is C12H18O2. The fourth-order valence-corrected chi connectivity index (χ4v) is 1.94. The van der Waals surface area contributed by atoms with Crippen molar-refractivity contribution in [3.63, 3.8) is 0 Å². The van der Waals surface area contributed by atoms with Crippen LogP contribution in [0.3, 0.4) is 0 Å². The number of hydrogen-bond donors (Lipinski definition) is 0. The summed E-state index contributed by atoms with van der Waals surface area (Å²) >= 11 is 0. The van der Waals surface area contributed by atoms with Gasteiger partial charge in [0.05, 0.1) is 6.61 Å². The van der Waals surface area contributed by atoms with Crippen molar-refractivity contribution in [3.8, 4) is 0 Å². The Morgan fingerprint density at radius 3 is 2.86 bits per heavy atom. The first-order valence-corrected chi connectivity index (χ1v) is 5.25. The summed E-state index contributed by atoms with van der Waals surface area (Å²) in [5.41, 5.74) is 0. The first kappa shape index (κ1) is 11.0. The Hall–Kier alpha value is -1.05. The van der Waals surface area contributed by atoms with Crippen LogP contribution in [0.4, 0.5) is 0 Å². The quantitative estimate of drug-likeness (QED) is 0.391. The predicted molar refractivity (Wildman–Crippen MR) is 56.8 cm³/mol. The van der Waals surface area contributed by atoms with E-state index in [0.29, 0.717) is 18.4 Å². The lowest BCUT2D eigenvalue weighted by molar-refractivity contribution is -0.137. The lowest BCUT2D eigenvalue weighted by Gasteiger charge is -2.09. The number of ether oxygens (including phenoxy) is 1. The zero-order chi connectivity index (χ0) is 10.4. The van der Waals surface area contributed by atoms with Crippen LogP contribution >= 0.6 is 0 Å². The second-order valence-electron chi connectivity index (χ2n) is 3.61. The van der Waals surface area contributed by atoms with E-state index < -0.39 is 0 Å². The fraction of sp³-hybridized carbons (Fsp3) is 0.583. The topological polar surface area (TPSA) is 26.3 Å². The van der Waals surface area contributed by atoms with Crippen LogP contribution in [-0.4, -0.2) is 12.6 Å². The summed E-state index contributed by atoms with van der Waals surface area (Å²) < 4.78 is 4.82. The molecule has 1 saturated carbocycles. The summed E-state index contributed by atoms with van der Waals surface area (Å²) in [5, 5.41) is 0. The van der Waals surface area contributed by atoms with Crippen molar-refractivity contribution in [3.05, 3.63) is 24.8 Å². The third-order valence-corrected chi connectivity index (χ3v) is 2.69. The number of allylic oxidation sites excluding steroid dienone is 2. The van der Waals surface area contributed by atoms with Crippen molar-refractivity contribution in [1.29, 1.82) is 0 Å². The van der Waals surface area contributed by atoms with Crippen LogP contribution in [0.15, 0.2) is 24.8 Å². The first-order chi connectivity index (χ1) is 6.77. The van der Waals surface area contributed by atoms with E-state index in [4.69, 9.17) is 4.74 Å². The molecule has 0 aromatic rings. The molecule has 2 nitrogen and oxygen atoms in total. The van der Waals surface area contributed by atoms with Gasteiger partial charge in [0.1, 0.15) is 0 Å². The van der Waals surface area contributed by atoms with Crippen molar-refractivity contribution >= 4 is 5.97 Å². The van der Waals surface area contributed by atoms with Gasteiger partial charge in [0.25, 0.3) is 0 Å². The van der Waals surface area contributed by atoms with Gasteiger partial charge in [-0.2, -0.15) is 0 Å². The van der Waals surface area contributed by atoms with Crippen LogP contribution < -0.4 is 0 Å². The molecule has 0 radical (unpaired) electrons. The van der Waals surface area contributed by atoms with Gasteiger partial charge in [-0.25, -0.2) is 4.79 Å². The van der Waals surface area contributed by atoms with Gasteiger partial charge in [0.2, 0.25) is 0 Å². The lowest BCUT2D eigenvalue weighted by Crippen LogP contribution is -2.04. The summed E-state index contributed by atoms with van der Waals surface area (Å²) in [6, 6.07) is 0. The third kappa shape index (κ3) is 3.02. The van der Waals surface area contributed by atoms with E-state index in [2.05, 4.69) is 6.58 Å². The van der Waals surface area contributed by atoms with E-state index in [9.17, 15) is 4.79 Å². The highest BCUT2D eigenvalue weighted by atomic mass is 16.5. The normalized spacial score (nSPS) is 26.6. The van der Waals surface area contributed by atoms with Crippen LogP contribution in [0.2, 0.25) is 0 Å². The average molecular weight is 194 g/mol. The zero-order valence-electron chi connectivity index (χ0n) is 8.74. The summed E-state index contributed by atoms with van der Waals surface area (Å²) in [5.74, 6) is 0.791. The van der Waals surface area contributed by atoms with Gasteiger partial charge in [0, 0.05) is 6.08 Å². The second kappa shape index (κ2) is 5.63. The van der Waals surface area contributed by atoms with Gasteiger partial charge in [-0.3, -0.25) is 0 Å². The average Bonchev–Trinajstić information content (AvgIpc) is 2.62. The molecule has 2 atom stereocenters. The molecule has 0 spiro atoms. The molecule has 0 heterocycles. The Morgan fingerprint density at radius 2 is 2.21 bits per heavy atom. The zero-order valence-corrected chi connectivity index (χ0v) is 8.74. The Labute approximate surface area is 85.6 Å². The van der Waals surface area contributed by atoms with Crippen LogP contribution in [0.25, 0.3) is 0 Å². The van der Waals surface area contributed by atoms with E-state index in [-0.39, 0.29) is 5.97 Å². The Kier molecular flexibility index (Phi) is 4.44. The largest absolute Gasteiger partial charge is 0.463 e. The van der Waals surface area contributed by atoms with Crippen molar-refractivity contribution in [2.45, 2.75) is 26.2 Å². The molecule has 0 bridgehead atoms. The third-order valence-electron chi connectivity index (χ3n) is 2.69. The molecule has 1 aliphatic carbocycles. The minimum atomic E-state index is -0.234. The summed E-state index contributed by atoms with van der Waals surface area (Å²) in [6.07, 6.45) is 9.10. The standard InChI is InChI=1S/C12H18O2/c1-3-10-6-5-7-11(10)8-9-12(13)14-4-2/h3,8-11H,1,4-7H2,2H3/b9-8+/t10-,11+/m1/s1. The van der Waals surface area contributed by atoms with Gasteiger partial charge < -0.3 is 4.74 Å². The van der Waals surface area contributed by atoms with E-state index in [1.165, 1.54) is 12.8 Å². The minimum Gasteiger partial charge on any atom is -0.463 e. The molecular weight excluding hydrogens is 176 g/mol. The molecule has 0 aliphatic heterocycles. The van der Waals surface area contributed by atoms with E-state index in [1.807, 2.05) is 19.1 Å². The van der Waals surface area contributed by atoms with Crippen molar-refractivity contribution < 1.29 is 9.53 Å². The van der Waals surface area contributed by atoms with Crippen LogP contribution in [0, 0.1) is 11.8 Å². The van der Waals surface area contributed by atoms with Gasteiger partial charge in [-0.05, 0) is 31.6 Å². The van der Waals surface area contributed by atoms with E-state index in [1.54, 1.807) is 6.08 Å². The van der Waals surface area contributed by atoms with Gasteiger partial charge in [-0.1, -0.05) is 18.6 Å².